The van der Waals surface area contributed by atoms with Gasteiger partial charge >= 0.3 is 0 Å². The highest BCUT2D eigenvalue weighted by molar-refractivity contribution is 9.10. The summed E-state index contributed by atoms with van der Waals surface area (Å²) in [5.74, 6) is 0.240. The Hall–Kier alpha value is -1.39. The fraction of sp³-hybridized carbons (Fsp3) is 0.0769. The van der Waals surface area contributed by atoms with E-state index in [-0.39, 0.29) is 5.91 Å². The second-order valence-electron chi connectivity index (χ2n) is 3.77. The highest BCUT2D eigenvalue weighted by atomic mass is 79.9. The molecule has 1 aromatic carbocycles. The Morgan fingerprint density at radius 1 is 1.33 bits per heavy atom. The first-order valence-electron chi connectivity index (χ1n) is 5.25. The largest absolute Gasteiger partial charge is 0.307 e. The third-order valence-electron chi connectivity index (χ3n) is 2.40. The number of carbonyl (C=O) groups is 1. The molecule has 0 saturated heterocycles. The molecule has 0 saturated carbocycles. The van der Waals surface area contributed by atoms with E-state index in [0.29, 0.717) is 16.4 Å². The average Bonchev–Trinajstić information content (AvgIpc) is 2.28. The number of rotatable bonds is 2. The fourth-order valence-electron chi connectivity index (χ4n) is 1.54. The van der Waals surface area contributed by atoms with Crippen LogP contribution in [0, 0.1) is 6.92 Å². The van der Waals surface area contributed by atoms with Gasteiger partial charge in [0.05, 0.1) is 0 Å². The first kappa shape index (κ1) is 13.1. The molecule has 0 aliphatic carbocycles. The molecule has 1 amide bonds. The van der Waals surface area contributed by atoms with E-state index in [1.807, 2.05) is 19.1 Å². The summed E-state index contributed by atoms with van der Waals surface area (Å²) in [6.07, 6.45) is 1.55. The van der Waals surface area contributed by atoms with Crippen molar-refractivity contribution in [2.24, 2.45) is 0 Å². The average molecular weight is 326 g/mol. The van der Waals surface area contributed by atoms with Crippen molar-refractivity contribution < 1.29 is 4.79 Å². The quantitative estimate of drug-likeness (QED) is 0.905. The van der Waals surface area contributed by atoms with Crippen LogP contribution in [0.5, 0.6) is 0 Å². The van der Waals surface area contributed by atoms with Crippen molar-refractivity contribution in [3.05, 3.63) is 57.2 Å². The molecule has 92 valence electrons. The minimum Gasteiger partial charge on any atom is -0.307 e. The maximum absolute atomic E-state index is 12.0. The lowest BCUT2D eigenvalue weighted by Crippen LogP contribution is -2.14. The van der Waals surface area contributed by atoms with E-state index in [4.69, 9.17) is 11.6 Å². The molecule has 0 spiro atoms. The fourth-order valence-corrected chi connectivity index (χ4v) is 2.17. The van der Waals surface area contributed by atoms with Gasteiger partial charge in [-0.1, -0.05) is 27.5 Å². The van der Waals surface area contributed by atoms with Gasteiger partial charge in [-0.3, -0.25) is 4.79 Å². The molecule has 2 aromatic rings. The van der Waals surface area contributed by atoms with Crippen LogP contribution in [0.15, 0.2) is 41.0 Å². The molecule has 18 heavy (non-hydrogen) atoms. The monoisotopic (exact) mass is 324 g/mol. The van der Waals surface area contributed by atoms with Crippen LogP contribution in [0.3, 0.4) is 0 Å². The van der Waals surface area contributed by atoms with Gasteiger partial charge < -0.3 is 5.32 Å². The second-order valence-corrected chi connectivity index (χ2v) is 5.12. The Bertz CT molecular complexity index is 601. The second kappa shape index (κ2) is 5.50. The summed E-state index contributed by atoms with van der Waals surface area (Å²) in [7, 11) is 0. The smallest absolute Gasteiger partial charge is 0.257 e. The van der Waals surface area contributed by atoms with Crippen molar-refractivity contribution in [2.75, 3.05) is 5.32 Å². The predicted octanol–water partition coefficient (Wildman–Crippen LogP) is 4.06. The van der Waals surface area contributed by atoms with Crippen LogP contribution in [0.4, 0.5) is 5.82 Å². The van der Waals surface area contributed by atoms with Gasteiger partial charge in [0.25, 0.3) is 5.91 Å². The number of aromatic nitrogens is 1. The van der Waals surface area contributed by atoms with Crippen LogP contribution in [-0.4, -0.2) is 10.9 Å². The number of hydrogen-bond acceptors (Lipinski definition) is 2. The highest BCUT2D eigenvalue weighted by Crippen LogP contribution is 2.18. The van der Waals surface area contributed by atoms with Gasteiger partial charge in [0, 0.05) is 21.3 Å². The van der Waals surface area contributed by atoms with E-state index >= 15 is 0 Å². The maximum Gasteiger partial charge on any atom is 0.257 e. The zero-order chi connectivity index (χ0) is 13.1. The van der Waals surface area contributed by atoms with Gasteiger partial charge in [-0.25, -0.2) is 4.98 Å². The first-order chi connectivity index (χ1) is 8.56. The molecule has 0 aliphatic rings. The molecule has 1 aromatic heterocycles. The van der Waals surface area contributed by atoms with E-state index in [0.717, 1.165) is 10.0 Å². The molecule has 0 atom stereocenters. The van der Waals surface area contributed by atoms with Crippen molar-refractivity contribution in [3.8, 4) is 0 Å². The molecule has 0 radical (unpaired) electrons. The van der Waals surface area contributed by atoms with E-state index in [1.54, 1.807) is 24.4 Å². The summed E-state index contributed by atoms with van der Waals surface area (Å²) >= 11 is 9.19. The summed E-state index contributed by atoms with van der Waals surface area (Å²) in [4.78, 5) is 16.1. The van der Waals surface area contributed by atoms with Crippen LogP contribution in [-0.2, 0) is 0 Å². The Labute approximate surface area is 118 Å². The Morgan fingerprint density at radius 2 is 2.11 bits per heavy atom. The van der Waals surface area contributed by atoms with Crippen molar-refractivity contribution in [1.29, 1.82) is 0 Å². The molecule has 5 heteroatoms. The van der Waals surface area contributed by atoms with Gasteiger partial charge in [0.1, 0.15) is 5.82 Å². The van der Waals surface area contributed by atoms with Crippen LogP contribution in [0.25, 0.3) is 0 Å². The van der Waals surface area contributed by atoms with E-state index < -0.39 is 0 Å². The minimum absolute atomic E-state index is 0.199. The number of nitrogens with zero attached hydrogens (tertiary/aromatic N) is 1. The van der Waals surface area contributed by atoms with Crippen molar-refractivity contribution in [3.63, 3.8) is 0 Å². The Morgan fingerprint density at radius 3 is 2.78 bits per heavy atom. The molecule has 0 bridgehead atoms. The molecule has 1 N–H and O–H groups in total. The van der Waals surface area contributed by atoms with Gasteiger partial charge in [0.2, 0.25) is 0 Å². The summed E-state index contributed by atoms with van der Waals surface area (Å²) in [5.41, 5.74) is 1.50. The number of hydrogen-bond donors (Lipinski definition) is 1. The number of anilines is 1. The molecule has 0 aliphatic heterocycles. The molecule has 2 rings (SSSR count). The summed E-state index contributed by atoms with van der Waals surface area (Å²) in [6, 6.07) is 8.74. The molecular weight excluding hydrogens is 316 g/mol. The normalized spacial score (nSPS) is 10.2. The molecule has 0 fully saturated rings. The first-order valence-corrected chi connectivity index (χ1v) is 6.42. The van der Waals surface area contributed by atoms with Crippen LogP contribution < -0.4 is 5.32 Å². The number of amides is 1. The van der Waals surface area contributed by atoms with Crippen LogP contribution in [0.2, 0.25) is 5.02 Å². The van der Waals surface area contributed by atoms with Gasteiger partial charge in [0.15, 0.2) is 0 Å². The van der Waals surface area contributed by atoms with Crippen LogP contribution in [0.1, 0.15) is 15.9 Å². The third-order valence-corrected chi connectivity index (χ3v) is 3.13. The number of aryl methyl sites for hydroxylation is 1. The topological polar surface area (TPSA) is 42.0 Å². The number of pyridine rings is 1. The summed E-state index contributed by atoms with van der Waals surface area (Å²) in [5, 5.41) is 3.24. The summed E-state index contributed by atoms with van der Waals surface area (Å²) in [6.45, 7) is 1.88. The van der Waals surface area contributed by atoms with Gasteiger partial charge in [-0.2, -0.15) is 0 Å². The van der Waals surface area contributed by atoms with Crippen molar-refractivity contribution >= 4 is 39.3 Å². The van der Waals surface area contributed by atoms with Crippen LogP contribution >= 0.6 is 27.5 Å². The SMILES string of the molecule is Cc1cc(Br)ccc1C(=O)Nc1cc(Cl)ccn1. The number of nitrogens with one attached hydrogen (secondary N) is 1. The van der Waals surface area contributed by atoms with Gasteiger partial charge in [-0.05, 0) is 42.8 Å². The number of benzene rings is 1. The van der Waals surface area contributed by atoms with Crippen molar-refractivity contribution in [2.45, 2.75) is 6.92 Å². The highest BCUT2D eigenvalue weighted by Gasteiger charge is 2.10. The van der Waals surface area contributed by atoms with Gasteiger partial charge in [-0.15, -0.1) is 0 Å². The Kier molecular flexibility index (Phi) is 3.99. The molecular formula is C13H10BrClN2O. The number of halogens is 2. The summed E-state index contributed by atoms with van der Waals surface area (Å²) < 4.78 is 0.942. The molecule has 1 heterocycles. The predicted molar refractivity (Wildman–Crippen MR) is 76.1 cm³/mol. The van der Waals surface area contributed by atoms with Crippen molar-refractivity contribution in [1.82, 2.24) is 4.98 Å². The van der Waals surface area contributed by atoms with E-state index in [9.17, 15) is 4.79 Å². The molecule has 0 unspecified atom stereocenters. The lowest BCUT2D eigenvalue weighted by atomic mass is 10.1. The number of carbonyl (C=O) groups excluding carboxylic acids is 1. The Balaban J connectivity index is 2.22. The van der Waals surface area contributed by atoms with E-state index in [1.165, 1.54) is 0 Å². The third kappa shape index (κ3) is 3.09. The lowest BCUT2D eigenvalue weighted by Gasteiger charge is -2.07. The molecule has 3 nitrogen and oxygen atoms in total. The van der Waals surface area contributed by atoms with E-state index in [2.05, 4.69) is 26.2 Å². The standard InChI is InChI=1S/C13H10BrClN2O/c1-8-6-9(14)2-3-11(8)13(18)17-12-7-10(15)4-5-16-12/h2-7H,1H3,(H,16,17,18). The maximum atomic E-state index is 12.0. The zero-order valence-electron chi connectivity index (χ0n) is 9.58. The minimum atomic E-state index is -0.199. The zero-order valence-corrected chi connectivity index (χ0v) is 11.9. The lowest BCUT2D eigenvalue weighted by molar-refractivity contribution is 0.102.